The van der Waals surface area contributed by atoms with Crippen molar-refractivity contribution in [3.8, 4) is 0 Å². The van der Waals surface area contributed by atoms with Crippen molar-refractivity contribution in [3.63, 3.8) is 0 Å². The molecule has 0 unspecified atom stereocenters. The number of benzene rings is 1. The third-order valence-corrected chi connectivity index (χ3v) is 5.82. The molecule has 0 aliphatic heterocycles. The Labute approximate surface area is 113 Å². The molecule has 0 bridgehead atoms. The molecule has 0 saturated heterocycles. The van der Waals surface area contributed by atoms with E-state index >= 15 is 0 Å². The van der Waals surface area contributed by atoms with Crippen molar-refractivity contribution in [2.24, 2.45) is 5.41 Å². The summed E-state index contributed by atoms with van der Waals surface area (Å²) < 4.78 is 23.3. The minimum atomic E-state index is -3.10. The van der Waals surface area contributed by atoms with Crippen LogP contribution < -0.4 is 5.32 Å². The summed E-state index contributed by atoms with van der Waals surface area (Å²) in [6.07, 6.45) is 2.34. The summed E-state index contributed by atoms with van der Waals surface area (Å²) in [6, 6.07) is 6.93. The van der Waals surface area contributed by atoms with E-state index in [1.165, 1.54) is 12.8 Å². The summed E-state index contributed by atoms with van der Waals surface area (Å²) in [6.45, 7) is 2.51. The standard InChI is InChI=1S/C13H18ClNO2S/c1-2-18(16,17)12-5-3-11(4-6-12)15-10-13(9-14)7-8-13/h3-6,15H,2,7-10H2,1H3. The van der Waals surface area contributed by atoms with Gasteiger partial charge in [-0.1, -0.05) is 6.92 Å². The first-order valence-electron chi connectivity index (χ1n) is 6.14. The second-order valence-electron chi connectivity index (χ2n) is 4.91. The average Bonchev–Trinajstić information content (AvgIpc) is 3.18. The summed E-state index contributed by atoms with van der Waals surface area (Å²) in [5.41, 5.74) is 1.21. The molecule has 2 rings (SSSR count). The Bertz CT molecular complexity index is 506. The number of hydrogen-bond acceptors (Lipinski definition) is 3. The lowest BCUT2D eigenvalue weighted by Gasteiger charge is -2.13. The SMILES string of the molecule is CCS(=O)(=O)c1ccc(NCC2(CCl)CC2)cc1. The van der Waals surface area contributed by atoms with E-state index in [9.17, 15) is 8.42 Å². The van der Waals surface area contributed by atoms with Crippen molar-refractivity contribution < 1.29 is 8.42 Å². The van der Waals surface area contributed by atoms with Gasteiger partial charge < -0.3 is 5.32 Å². The van der Waals surface area contributed by atoms with Gasteiger partial charge in [-0.05, 0) is 37.1 Å². The van der Waals surface area contributed by atoms with Crippen molar-refractivity contribution in [3.05, 3.63) is 24.3 Å². The third-order valence-electron chi connectivity index (χ3n) is 3.50. The molecule has 1 aliphatic carbocycles. The van der Waals surface area contributed by atoms with Crippen molar-refractivity contribution in [2.45, 2.75) is 24.7 Å². The Balaban J connectivity index is 2.00. The van der Waals surface area contributed by atoms with E-state index < -0.39 is 9.84 Å². The Morgan fingerprint density at radius 1 is 1.28 bits per heavy atom. The maximum Gasteiger partial charge on any atom is 0.178 e. The van der Waals surface area contributed by atoms with Gasteiger partial charge >= 0.3 is 0 Å². The van der Waals surface area contributed by atoms with Crippen LogP contribution in [0, 0.1) is 5.41 Å². The van der Waals surface area contributed by atoms with Crippen molar-refractivity contribution in [1.82, 2.24) is 0 Å². The van der Waals surface area contributed by atoms with Crippen LogP contribution in [0.4, 0.5) is 5.69 Å². The van der Waals surface area contributed by atoms with Crippen LogP contribution in [0.15, 0.2) is 29.2 Å². The Morgan fingerprint density at radius 2 is 1.89 bits per heavy atom. The fourth-order valence-corrected chi connectivity index (χ4v) is 3.02. The van der Waals surface area contributed by atoms with Crippen LogP contribution in [0.5, 0.6) is 0 Å². The number of rotatable bonds is 6. The summed E-state index contributed by atoms with van der Waals surface area (Å²) in [5.74, 6) is 0.817. The highest BCUT2D eigenvalue weighted by Crippen LogP contribution is 2.46. The van der Waals surface area contributed by atoms with E-state index in [0.29, 0.717) is 10.8 Å². The number of sulfone groups is 1. The average molecular weight is 288 g/mol. The summed E-state index contributed by atoms with van der Waals surface area (Å²) >= 11 is 5.91. The van der Waals surface area contributed by atoms with Gasteiger partial charge in [0.05, 0.1) is 10.6 Å². The largest absolute Gasteiger partial charge is 0.384 e. The quantitative estimate of drug-likeness (QED) is 0.818. The van der Waals surface area contributed by atoms with Gasteiger partial charge in [0.1, 0.15) is 0 Å². The van der Waals surface area contributed by atoms with Crippen LogP contribution in [0.1, 0.15) is 19.8 Å². The second-order valence-corrected chi connectivity index (χ2v) is 7.46. The van der Waals surface area contributed by atoms with Crippen LogP contribution in [-0.2, 0) is 9.84 Å². The summed E-state index contributed by atoms with van der Waals surface area (Å²) in [5, 5.41) is 3.32. The Morgan fingerprint density at radius 3 is 2.33 bits per heavy atom. The van der Waals surface area contributed by atoms with Crippen LogP contribution >= 0.6 is 11.6 Å². The van der Waals surface area contributed by atoms with Gasteiger partial charge in [0.2, 0.25) is 0 Å². The predicted octanol–water partition coefficient (Wildman–Crippen LogP) is 2.91. The first-order chi connectivity index (χ1) is 8.51. The predicted molar refractivity (Wildman–Crippen MR) is 75.0 cm³/mol. The highest BCUT2D eigenvalue weighted by molar-refractivity contribution is 7.91. The zero-order chi connectivity index (χ0) is 13.2. The molecule has 0 aromatic heterocycles. The first-order valence-corrected chi connectivity index (χ1v) is 8.33. The monoisotopic (exact) mass is 287 g/mol. The highest BCUT2D eigenvalue weighted by atomic mass is 35.5. The molecular weight excluding hydrogens is 270 g/mol. The van der Waals surface area contributed by atoms with E-state index in [4.69, 9.17) is 11.6 Å². The highest BCUT2D eigenvalue weighted by Gasteiger charge is 2.41. The summed E-state index contributed by atoms with van der Waals surface area (Å²) in [4.78, 5) is 0.383. The number of nitrogens with one attached hydrogen (secondary N) is 1. The number of hydrogen-bond donors (Lipinski definition) is 1. The minimum Gasteiger partial charge on any atom is -0.384 e. The van der Waals surface area contributed by atoms with Crippen LogP contribution in [0.2, 0.25) is 0 Å². The van der Waals surface area contributed by atoms with Crippen LogP contribution in [0.3, 0.4) is 0 Å². The maximum absolute atomic E-state index is 11.6. The van der Waals surface area contributed by atoms with E-state index in [0.717, 1.165) is 12.2 Å². The smallest absolute Gasteiger partial charge is 0.178 e. The molecule has 18 heavy (non-hydrogen) atoms. The second kappa shape index (κ2) is 5.10. The molecule has 5 heteroatoms. The van der Waals surface area contributed by atoms with Crippen molar-refractivity contribution in [2.75, 3.05) is 23.5 Å². The molecule has 1 aliphatic rings. The molecule has 0 heterocycles. The van der Waals surface area contributed by atoms with Crippen molar-refractivity contribution in [1.29, 1.82) is 0 Å². The van der Waals surface area contributed by atoms with Gasteiger partial charge in [-0.2, -0.15) is 0 Å². The molecule has 1 saturated carbocycles. The number of halogens is 1. The van der Waals surface area contributed by atoms with Crippen LogP contribution in [0.25, 0.3) is 0 Å². The molecule has 1 aromatic rings. The lowest BCUT2D eigenvalue weighted by atomic mass is 10.1. The molecule has 0 amide bonds. The fraction of sp³-hybridized carbons (Fsp3) is 0.538. The lowest BCUT2D eigenvalue weighted by Crippen LogP contribution is -2.16. The van der Waals surface area contributed by atoms with E-state index in [2.05, 4.69) is 5.32 Å². The first kappa shape index (κ1) is 13.7. The molecule has 100 valence electrons. The maximum atomic E-state index is 11.6. The van der Waals surface area contributed by atoms with Crippen LogP contribution in [-0.4, -0.2) is 26.6 Å². The van der Waals surface area contributed by atoms with E-state index in [-0.39, 0.29) is 11.2 Å². The van der Waals surface area contributed by atoms with Gasteiger partial charge in [-0.15, -0.1) is 11.6 Å². The molecular formula is C13H18ClNO2S. The Hall–Kier alpha value is -0.740. The normalized spacial score (nSPS) is 17.4. The van der Waals surface area contributed by atoms with E-state index in [1.807, 2.05) is 12.1 Å². The zero-order valence-electron chi connectivity index (χ0n) is 10.4. The Kier molecular flexibility index (Phi) is 3.87. The molecule has 1 N–H and O–H groups in total. The summed E-state index contributed by atoms with van der Waals surface area (Å²) in [7, 11) is -3.10. The number of anilines is 1. The zero-order valence-corrected chi connectivity index (χ0v) is 12.0. The fourth-order valence-electron chi connectivity index (χ4n) is 1.77. The van der Waals surface area contributed by atoms with Crippen molar-refractivity contribution >= 4 is 27.1 Å². The molecule has 1 aromatic carbocycles. The third kappa shape index (κ3) is 2.98. The van der Waals surface area contributed by atoms with Gasteiger partial charge in [-0.25, -0.2) is 8.42 Å². The van der Waals surface area contributed by atoms with E-state index in [1.54, 1.807) is 19.1 Å². The lowest BCUT2D eigenvalue weighted by molar-refractivity contribution is 0.597. The van der Waals surface area contributed by atoms with Gasteiger partial charge in [0, 0.05) is 23.5 Å². The molecule has 0 spiro atoms. The van der Waals surface area contributed by atoms with Gasteiger partial charge in [-0.3, -0.25) is 0 Å². The number of alkyl halides is 1. The van der Waals surface area contributed by atoms with Gasteiger partial charge in [0.25, 0.3) is 0 Å². The molecule has 3 nitrogen and oxygen atoms in total. The van der Waals surface area contributed by atoms with Gasteiger partial charge in [0.15, 0.2) is 9.84 Å². The molecule has 0 atom stereocenters. The molecule has 0 radical (unpaired) electrons. The minimum absolute atomic E-state index is 0.134. The molecule has 1 fully saturated rings. The topological polar surface area (TPSA) is 46.2 Å².